The third kappa shape index (κ3) is 7.32. The minimum absolute atomic E-state index is 0.144. The summed E-state index contributed by atoms with van der Waals surface area (Å²) in [5.74, 6) is -0.824. The normalized spacial score (nSPS) is 10.6. The van der Waals surface area contributed by atoms with Gasteiger partial charge in [0.15, 0.2) is 6.61 Å². The molecule has 2 rings (SSSR count). The Morgan fingerprint density at radius 2 is 1.96 bits per heavy atom. The Bertz CT molecular complexity index is 816. The first-order chi connectivity index (χ1) is 13.5. The molecule has 2 aromatic rings. The van der Waals surface area contributed by atoms with E-state index < -0.39 is 18.5 Å². The van der Waals surface area contributed by atoms with E-state index in [-0.39, 0.29) is 19.0 Å². The summed E-state index contributed by atoms with van der Waals surface area (Å²) in [4.78, 5) is 37.9. The maximum absolute atomic E-state index is 12.0. The third-order valence-corrected chi connectivity index (χ3v) is 4.46. The predicted molar refractivity (Wildman–Crippen MR) is 106 cm³/mol. The fourth-order valence-electron chi connectivity index (χ4n) is 2.13. The number of furan rings is 1. The van der Waals surface area contributed by atoms with Crippen LogP contribution >= 0.6 is 11.8 Å². The molecule has 0 atom stereocenters. The Labute approximate surface area is 167 Å². The lowest BCUT2D eigenvalue weighted by molar-refractivity contribution is -0.148. The van der Waals surface area contributed by atoms with Crippen molar-refractivity contribution < 1.29 is 23.5 Å². The first-order valence-corrected chi connectivity index (χ1v) is 9.72. The molecule has 0 unspecified atom stereocenters. The molecular weight excluding hydrogens is 380 g/mol. The number of nitrogens with one attached hydrogen (secondary N) is 1. The second kappa shape index (κ2) is 11.0. The van der Waals surface area contributed by atoms with Crippen LogP contribution in [0.4, 0.5) is 0 Å². The van der Waals surface area contributed by atoms with Crippen molar-refractivity contribution >= 4 is 35.6 Å². The fraction of sp³-hybridized carbons (Fsp3) is 0.250. The zero-order valence-electron chi connectivity index (χ0n) is 15.7. The quantitative estimate of drug-likeness (QED) is 0.393. The molecule has 0 aliphatic carbocycles. The highest BCUT2D eigenvalue weighted by Gasteiger charge is 2.14. The molecule has 0 radical (unpaired) electrons. The minimum atomic E-state index is -0.627. The Kier molecular flexibility index (Phi) is 8.36. The van der Waals surface area contributed by atoms with Gasteiger partial charge >= 0.3 is 5.97 Å². The molecule has 7 nitrogen and oxygen atoms in total. The van der Waals surface area contributed by atoms with Crippen LogP contribution < -0.4 is 5.32 Å². The Morgan fingerprint density at radius 3 is 2.61 bits per heavy atom. The van der Waals surface area contributed by atoms with E-state index in [4.69, 9.17) is 9.15 Å². The molecule has 1 N–H and O–H groups in total. The van der Waals surface area contributed by atoms with E-state index in [1.807, 2.05) is 30.5 Å². The fourth-order valence-corrected chi connectivity index (χ4v) is 2.54. The van der Waals surface area contributed by atoms with E-state index in [2.05, 4.69) is 5.32 Å². The second-order valence-electron chi connectivity index (χ2n) is 5.82. The van der Waals surface area contributed by atoms with Gasteiger partial charge < -0.3 is 19.4 Å². The number of hydrogen-bond acceptors (Lipinski definition) is 6. The molecule has 28 heavy (non-hydrogen) atoms. The van der Waals surface area contributed by atoms with E-state index >= 15 is 0 Å². The summed E-state index contributed by atoms with van der Waals surface area (Å²) in [5, 5.41) is 2.64. The Balaban J connectivity index is 1.69. The molecule has 0 spiro atoms. The highest BCUT2D eigenvalue weighted by molar-refractivity contribution is 7.98. The van der Waals surface area contributed by atoms with Gasteiger partial charge in [0.2, 0.25) is 5.91 Å². The lowest BCUT2D eigenvalue weighted by Gasteiger charge is -2.16. The van der Waals surface area contributed by atoms with Gasteiger partial charge in [0.25, 0.3) is 5.91 Å². The van der Waals surface area contributed by atoms with Crippen LogP contribution in [0, 0.1) is 0 Å². The van der Waals surface area contributed by atoms with Crippen molar-refractivity contribution in [1.29, 1.82) is 0 Å². The summed E-state index contributed by atoms with van der Waals surface area (Å²) in [6, 6.07) is 11.1. The molecule has 0 saturated carbocycles. The van der Waals surface area contributed by atoms with Crippen molar-refractivity contribution in [3.8, 4) is 0 Å². The van der Waals surface area contributed by atoms with E-state index in [9.17, 15) is 14.4 Å². The number of hydrogen-bond donors (Lipinski definition) is 1. The molecule has 1 aromatic heterocycles. The largest absolute Gasteiger partial charge is 0.467 e. The highest BCUT2D eigenvalue weighted by Crippen LogP contribution is 2.15. The summed E-state index contributed by atoms with van der Waals surface area (Å²) < 4.78 is 10.0. The van der Waals surface area contributed by atoms with E-state index in [1.165, 1.54) is 24.3 Å². The summed E-state index contributed by atoms with van der Waals surface area (Å²) >= 11 is 1.63. The number of esters is 1. The van der Waals surface area contributed by atoms with Gasteiger partial charge in [0.05, 0.1) is 19.4 Å². The zero-order valence-corrected chi connectivity index (χ0v) is 16.5. The predicted octanol–water partition coefficient (Wildman–Crippen LogP) is 2.33. The Hall–Kier alpha value is -3.00. The monoisotopic (exact) mass is 402 g/mol. The van der Waals surface area contributed by atoms with Gasteiger partial charge in [-0.25, -0.2) is 4.79 Å². The number of rotatable bonds is 9. The van der Waals surface area contributed by atoms with Crippen molar-refractivity contribution in [2.45, 2.75) is 11.4 Å². The van der Waals surface area contributed by atoms with Gasteiger partial charge in [-0.15, -0.1) is 11.8 Å². The topological polar surface area (TPSA) is 88.9 Å². The molecular formula is C20H22N2O5S. The van der Waals surface area contributed by atoms with E-state index in [0.29, 0.717) is 5.76 Å². The Morgan fingerprint density at radius 1 is 1.21 bits per heavy atom. The minimum Gasteiger partial charge on any atom is -0.467 e. The van der Waals surface area contributed by atoms with Crippen molar-refractivity contribution in [2.24, 2.45) is 0 Å². The lowest BCUT2D eigenvalue weighted by Crippen LogP contribution is -2.39. The molecule has 0 bridgehead atoms. The average molecular weight is 402 g/mol. The maximum Gasteiger partial charge on any atom is 0.331 e. The van der Waals surface area contributed by atoms with Gasteiger partial charge in [0, 0.05) is 18.0 Å². The van der Waals surface area contributed by atoms with Crippen molar-refractivity contribution in [2.75, 3.05) is 26.5 Å². The molecule has 0 fully saturated rings. The number of carbonyl (C=O) groups excluding carboxylic acids is 3. The van der Waals surface area contributed by atoms with Crippen LogP contribution in [0.2, 0.25) is 0 Å². The van der Waals surface area contributed by atoms with Gasteiger partial charge in [-0.3, -0.25) is 9.59 Å². The summed E-state index contributed by atoms with van der Waals surface area (Å²) in [6.07, 6.45) is 6.37. The maximum atomic E-state index is 12.0. The van der Waals surface area contributed by atoms with Crippen molar-refractivity contribution in [3.05, 3.63) is 60.1 Å². The average Bonchev–Trinajstić information content (AvgIpc) is 3.22. The molecule has 0 aliphatic heterocycles. The molecule has 2 amide bonds. The van der Waals surface area contributed by atoms with Crippen LogP contribution in [0.15, 0.2) is 58.1 Å². The number of amides is 2. The number of likely N-dealkylation sites (N-methyl/N-ethyl adjacent to an activating group) is 1. The number of thioether (sulfide) groups is 1. The molecule has 1 aromatic carbocycles. The zero-order chi connectivity index (χ0) is 20.4. The van der Waals surface area contributed by atoms with Crippen LogP contribution in [0.3, 0.4) is 0 Å². The van der Waals surface area contributed by atoms with E-state index in [1.54, 1.807) is 30.0 Å². The smallest absolute Gasteiger partial charge is 0.331 e. The molecule has 0 saturated heterocycles. The van der Waals surface area contributed by atoms with Gasteiger partial charge in [0.1, 0.15) is 5.76 Å². The van der Waals surface area contributed by atoms with Crippen LogP contribution in [-0.2, 0) is 25.7 Å². The molecule has 148 valence electrons. The van der Waals surface area contributed by atoms with Crippen LogP contribution in [0.1, 0.15) is 11.3 Å². The van der Waals surface area contributed by atoms with Crippen LogP contribution in [-0.4, -0.2) is 49.1 Å². The number of carbonyl (C=O) groups is 3. The van der Waals surface area contributed by atoms with Crippen molar-refractivity contribution in [3.63, 3.8) is 0 Å². The van der Waals surface area contributed by atoms with Crippen molar-refractivity contribution in [1.82, 2.24) is 10.2 Å². The van der Waals surface area contributed by atoms with Gasteiger partial charge in [-0.1, -0.05) is 12.1 Å². The van der Waals surface area contributed by atoms with Gasteiger partial charge in [-0.05, 0) is 42.2 Å². The lowest BCUT2D eigenvalue weighted by atomic mass is 10.2. The third-order valence-electron chi connectivity index (χ3n) is 3.71. The highest BCUT2D eigenvalue weighted by atomic mass is 32.2. The molecule has 0 aliphatic rings. The SMILES string of the molecule is CSc1ccc(/C=C/C(=O)OCC(=O)N(C)CC(=O)NCc2ccco2)cc1. The van der Waals surface area contributed by atoms with Crippen LogP contribution in [0.25, 0.3) is 6.08 Å². The summed E-state index contributed by atoms with van der Waals surface area (Å²) in [5.41, 5.74) is 0.853. The second-order valence-corrected chi connectivity index (χ2v) is 6.70. The first kappa shape index (κ1) is 21.3. The number of ether oxygens (including phenoxy) is 1. The first-order valence-electron chi connectivity index (χ1n) is 8.50. The standard InChI is InChI=1S/C20H22N2O5S/c1-22(13-18(23)21-12-16-4-3-11-26-16)19(24)14-27-20(25)10-7-15-5-8-17(28-2)9-6-15/h3-11H,12-14H2,1-2H3,(H,21,23)/b10-7+. The number of nitrogens with zero attached hydrogens (tertiary/aromatic N) is 1. The summed E-state index contributed by atoms with van der Waals surface area (Å²) in [6.45, 7) is -0.336. The van der Waals surface area contributed by atoms with Gasteiger partial charge in [-0.2, -0.15) is 0 Å². The number of benzene rings is 1. The molecule has 8 heteroatoms. The summed E-state index contributed by atoms with van der Waals surface area (Å²) in [7, 11) is 1.46. The molecule has 1 heterocycles. The van der Waals surface area contributed by atoms with Crippen LogP contribution in [0.5, 0.6) is 0 Å². The van der Waals surface area contributed by atoms with E-state index in [0.717, 1.165) is 10.5 Å².